The van der Waals surface area contributed by atoms with E-state index in [0.717, 1.165) is 21.1 Å². The maximum absolute atomic E-state index is 13.6. The number of esters is 1. The molecule has 0 saturated heterocycles. The quantitative estimate of drug-likeness (QED) is 0.100. The van der Waals surface area contributed by atoms with Crippen LogP contribution in [-0.4, -0.2) is 123 Å². The van der Waals surface area contributed by atoms with Gasteiger partial charge in [-0.1, -0.05) is 0 Å². The number of amides is 2. The Morgan fingerprint density at radius 1 is 0.597 bits per heavy atom. The SMILES string of the molecule is CNC(=O)c1c(-c2ccc(F)cc2)oc2cc(N(C)S(C)(=O)=O)c(-c3ccc(OC)c(C(=O)O)n3)cc12.CNC(=O)c1c(-c2ccc(F)cc2)oc2cc(N(C)S(C)(=O)=O)c(-c3ccc(OC)c(C(=O)OC)n3)cc12.[Li+].[OH-]. The molecular weight excluding hydrogens is 1050 g/mol. The van der Waals surface area contributed by atoms with Crippen molar-refractivity contribution in [3.8, 4) is 56.7 Å². The van der Waals surface area contributed by atoms with Gasteiger partial charge in [0.05, 0.1) is 67.7 Å². The summed E-state index contributed by atoms with van der Waals surface area (Å²) in [5.74, 6) is -3.51. The average Bonchev–Trinajstić information content (AvgIpc) is 3.99. The van der Waals surface area contributed by atoms with E-state index in [1.54, 1.807) is 12.1 Å². The molecule has 4 aromatic heterocycles. The van der Waals surface area contributed by atoms with Gasteiger partial charge < -0.3 is 44.3 Å². The van der Waals surface area contributed by atoms with Crippen molar-refractivity contribution in [2.75, 3.05) is 70.6 Å². The molecule has 0 spiro atoms. The molecule has 8 rings (SSSR count). The molecule has 0 radical (unpaired) electrons. The summed E-state index contributed by atoms with van der Waals surface area (Å²) < 4.78 is 106. The number of nitrogens with zero attached hydrogens (tertiary/aromatic N) is 4. The van der Waals surface area contributed by atoms with Crippen LogP contribution in [0.25, 0.3) is 67.1 Å². The van der Waals surface area contributed by atoms with E-state index in [9.17, 15) is 49.9 Å². The summed E-state index contributed by atoms with van der Waals surface area (Å²) >= 11 is 0. The summed E-state index contributed by atoms with van der Waals surface area (Å²) in [7, 11) is 1.91. The zero-order valence-electron chi connectivity index (χ0n) is 42.8. The van der Waals surface area contributed by atoms with Crippen molar-refractivity contribution in [1.29, 1.82) is 0 Å². The molecule has 26 heteroatoms. The first-order chi connectivity index (χ1) is 35.4. The van der Waals surface area contributed by atoms with Crippen molar-refractivity contribution >= 4 is 77.1 Å². The minimum Gasteiger partial charge on any atom is -0.870 e. The van der Waals surface area contributed by atoms with Crippen molar-refractivity contribution in [2.45, 2.75) is 0 Å². The van der Waals surface area contributed by atoms with Gasteiger partial charge in [0.2, 0.25) is 20.0 Å². The number of methoxy groups -OCH3 is 3. The number of sulfonamides is 2. The van der Waals surface area contributed by atoms with E-state index in [-0.39, 0.29) is 115 Å². The Hall–Kier alpha value is -8.34. The van der Waals surface area contributed by atoms with Crippen LogP contribution >= 0.6 is 0 Å². The third-order valence-corrected chi connectivity index (χ3v) is 14.1. The summed E-state index contributed by atoms with van der Waals surface area (Å²) in [6.07, 6.45) is 2.04. The molecule has 8 aromatic rings. The molecule has 4 heterocycles. The number of aromatic nitrogens is 2. The molecule has 0 bridgehead atoms. The molecule has 77 heavy (non-hydrogen) atoms. The minimum atomic E-state index is -3.77. The number of nitrogens with one attached hydrogen (secondary N) is 2. The monoisotopic (exact) mass is 1090 g/mol. The van der Waals surface area contributed by atoms with Crippen molar-refractivity contribution in [1.82, 2.24) is 20.6 Å². The van der Waals surface area contributed by atoms with Crippen molar-refractivity contribution in [3.63, 3.8) is 0 Å². The standard InChI is InChI=1S/C26H24FN3O7S.C25H22FN3O7S.Li.H2O/c1-28-25(31)22-17-12-16(18-10-11-20(35-3)23(29-18)26(32)36-4)19(30(2)38(5,33)34)13-21(17)37-24(22)14-6-8-15(27)9-7-14;1-27-24(30)21-16-11-15(17-9-10-19(35-3)22(28-17)25(31)32)18(29(2)37(4,33)34)12-20(16)36-23(21)13-5-7-14(26)8-6-13;;/h6-13H,1-5H3,(H,28,31);5-12H,1-4H3,(H,27,30)(H,31,32);;1H2/q;;+1;/p-1. The van der Waals surface area contributed by atoms with E-state index >= 15 is 0 Å². The molecule has 2 amide bonds. The van der Waals surface area contributed by atoms with Gasteiger partial charge in [-0.15, -0.1) is 0 Å². The van der Waals surface area contributed by atoms with Gasteiger partial charge in [-0.3, -0.25) is 18.2 Å². The fraction of sp³-hybridized carbons (Fsp3) is 0.176. The zero-order chi connectivity index (χ0) is 54.8. The van der Waals surface area contributed by atoms with E-state index in [2.05, 4.69) is 20.6 Å². The largest absolute Gasteiger partial charge is 1.00 e. The number of rotatable bonds is 14. The van der Waals surface area contributed by atoms with Crippen LogP contribution in [0.15, 0.2) is 106 Å². The molecule has 0 unspecified atom stereocenters. The van der Waals surface area contributed by atoms with Gasteiger partial charge in [-0.25, -0.2) is 45.2 Å². The van der Waals surface area contributed by atoms with Gasteiger partial charge in [-0.05, 0) is 84.9 Å². The third kappa shape index (κ3) is 12.0. The van der Waals surface area contributed by atoms with E-state index in [4.69, 9.17) is 23.0 Å². The first-order valence-electron chi connectivity index (χ1n) is 21.9. The van der Waals surface area contributed by atoms with Crippen LogP contribution in [0, 0.1) is 11.6 Å². The second kappa shape index (κ2) is 23.7. The minimum absolute atomic E-state index is 0. The molecule has 21 nitrogen and oxygen atoms in total. The number of hydrogen-bond acceptors (Lipinski definition) is 16. The number of benzene rings is 4. The van der Waals surface area contributed by atoms with Crippen LogP contribution in [-0.2, 0) is 24.8 Å². The number of carboxylic acid groups (broad SMARTS) is 1. The third-order valence-electron chi connectivity index (χ3n) is 11.7. The van der Waals surface area contributed by atoms with Gasteiger partial charge in [0.15, 0.2) is 22.9 Å². The summed E-state index contributed by atoms with van der Waals surface area (Å²) in [6, 6.07) is 22.7. The van der Waals surface area contributed by atoms with Crippen LogP contribution in [0.1, 0.15) is 41.7 Å². The molecule has 0 saturated carbocycles. The smallest absolute Gasteiger partial charge is 0.870 e. The Labute approximate surface area is 451 Å². The zero-order valence-corrected chi connectivity index (χ0v) is 44.4. The van der Waals surface area contributed by atoms with E-state index < -0.39 is 55.4 Å². The molecule has 4 aromatic carbocycles. The second-order valence-corrected chi connectivity index (χ2v) is 20.3. The number of ether oxygens (including phenoxy) is 3. The number of halogens is 2. The maximum atomic E-state index is 13.6. The fourth-order valence-electron chi connectivity index (χ4n) is 7.78. The fourth-order valence-corrected chi connectivity index (χ4v) is 8.80. The van der Waals surface area contributed by atoms with Crippen LogP contribution in [0.5, 0.6) is 11.5 Å². The van der Waals surface area contributed by atoms with Crippen molar-refractivity contribution in [2.24, 2.45) is 0 Å². The Morgan fingerprint density at radius 3 is 1.29 bits per heavy atom. The summed E-state index contributed by atoms with van der Waals surface area (Å²) in [6.45, 7) is 0. The van der Waals surface area contributed by atoms with Gasteiger partial charge in [0, 0.05) is 73.3 Å². The Kier molecular flexibility index (Phi) is 18.3. The molecule has 0 aliphatic carbocycles. The number of fused-ring (bicyclic) bond motifs is 2. The number of hydrogen-bond donors (Lipinski definition) is 3. The molecule has 0 fully saturated rings. The molecule has 398 valence electrons. The average molecular weight is 1090 g/mol. The number of anilines is 2. The number of carboxylic acids is 1. The Morgan fingerprint density at radius 2 is 0.961 bits per heavy atom. The van der Waals surface area contributed by atoms with E-state index in [1.807, 2.05) is 0 Å². The Bertz CT molecular complexity index is 3820. The van der Waals surface area contributed by atoms with Crippen LogP contribution in [0.3, 0.4) is 0 Å². The molecular formula is C51H47F2LiN6O15S2. The predicted molar refractivity (Wildman–Crippen MR) is 276 cm³/mol. The van der Waals surface area contributed by atoms with Crippen LogP contribution in [0.2, 0.25) is 0 Å². The summed E-state index contributed by atoms with van der Waals surface area (Å²) in [4.78, 5) is 58.7. The molecule has 0 atom stereocenters. The van der Waals surface area contributed by atoms with E-state index in [0.29, 0.717) is 21.9 Å². The molecule has 0 aliphatic heterocycles. The van der Waals surface area contributed by atoms with Crippen LogP contribution < -0.4 is 47.6 Å². The predicted octanol–water partition coefficient (Wildman–Crippen LogP) is 4.44. The number of pyridine rings is 2. The maximum Gasteiger partial charge on any atom is 1.00 e. The van der Waals surface area contributed by atoms with Gasteiger partial charge in [0.1, 0.15) is 34.3 Å². The van der Waals surface area contributed by atoms with E-state index in [1.165, 1.54) is 134 Å². The van der Waals surface area contributed by atoms with Crippen molar-refractivity contribution in [3.05, 3.63) is 131 Å². The first-order valence-corrected chi connectivity index (χ1v) is 25.6. The van der Waals surface area contributed by atoms with Gasteiger partial charge in [0.25, 0.3) is 11.8 Å². The van der Waals surface area contributed by atoms with Gasteiger partial charge >= 0.3 is 30.8 Å². The summed E-state index contributed by atoms with van der Waals surface area (Å²) in [5, 5.41) is 15.4. The molecule has 0 aliphatic rings. The number of carbonyl (C=O) groups is 4. The number of aromatic carboxylic acids is 1. The topological polar surface area (TPSA) is 297 Å². The number of carbonyl (C=O) groups excluding carboxylic acids is 3. The van der Waals surface area contributed by atoms with Gasteiger partial charge in [-0.2, -0.15) is 0 Å². The summed E-state index contributed by atoms with van der Waals surface area (Å²) in [5.41, 5.74) is 2.20. The second-order valence-electron chi connectivity index (χ2n) is 16.3. The molecule has 4 N–H and O–H groups in total. The normalized spacial score (nSPS) is 11.1. The van der Waals surface area contributed by atoms with Crippen molar-refractivity contribution < 1.29 is 97.3 Å². The number of furan rings is 2. The first kappa shape index (κ1) is 59.5. The van der Waals surface area contributed by atoms with Crippen LogP contribution in [0.4, 0.5) is 20.2 Å². The Balaban J connectivity index is 0.000000277.